The normalized spacial score (nSPS) is 17.8. The maximum absolute atomic E-state index is 13.9. The fourth-order valence-electron chi connectivity index (χ4n) is 8.06. The number of ether oxygens (including phenoxy) is 9. The average molecular weight is 927 g/mol. The highest BCUT2D eigenvalue weighted by atomic mass is 16.7. The highest BCUT2D eigenvalue weighted by Crippen LogP contribution is 2.38. The molecule has 1 aromatic heterocycles. The van der Waals surface area contributed by atoms with Gasteiger partial charge in [0.25, 0.3) is 0 Å². The van der Waals surface area contributed by atoms with Gasteiger partial charge in [-0.1, -0.05) is 164 Å². The zero-order valence-electron chi connectivity index (χ0n) is 38.3. The highest BCUT2D eigenvalue weighted by molar-refractivity contribution is 5.86. The molecule has 9 rings (SSSR count). The van der Waals surface area contributed by atoms with Gasteiger partial charge in [0.05, 0.1) is 45.5 Å². The second kappa shape index (κ2) is 23.7. The van der Waals surface area contributed by atoms with Crippen molar-refractivity contribution in [2.45, 2.75) is 70.3 Å². The second-order valence-electron chi connectivity index (χ2n) is 16.6. The van der Waals surface area contributed by atoms with E-state index in [4.69, 9.17) is 47.0 Å². The van der Waals surface area contributed by atoms with E-state index in [-0.39, 0.29) is 56.7 Å². The molecule has 8 aromatic rings. The van der Waals surface area contributed by atoms with Crippen LogP contribution in [0.2, 0.25) is 0 Å². The number of methoxy groups -OCH3 is 1. The van der Waals surface area contributed by atoms with E-state index in [0.29, 0.717) is 23.5 Å². The minimum absolute atomic E-state index is 0.0498. The molecule has 0 radical (unpaired) electrons. The summed E-state index contributed by atoms with van der Waals surface area (Å²) in [7, 11) is 1.61. The number of rotatable bonds is 22. The molecule has 0 N–H and O–H groups in total. The van der Waals surface area contributed by atoms with Crippen LogP contribution in [-0.4, -0.2) is 44.4 Å². The summed E-state index contributed by atoms with van der Waals surface area (Å²) in [6.45, 7) is 1.56. The molecule has 0 unspecified atom stereocenters. The van der Waals surface area contributed by atoms with Crippen molar-refractivity contribution in [3.05, 3.63) is 238 Å². The Morgan fingerprint density at radius 1 is 0.449 bits per heavy atom. The first kappa shape index (κ1) is 46.8. The summed E-state index contributed by atoms with van der Waals surface area (Å²) in [5, 5.41) is 0.509. The van der Waals surface area contributed by atoms with Crippen molar-refractivity contribution in [1.82, 2.24) is 0 Å². The molecule has 0 aliphatic carbocycles. The molecular formula is C58H54O11. The van der Waals surface area contributed by atoms with E-state index in [1.165, 1.54) is 0 Å². The van der Waals surface area contributed by atoms with Crippen LogP contribution in [0.15, 0.2) is 203 Å². The third kappa shape index (κ3) is 12.6. The fourth-order valence-corrected chi connectivity index (χ4v) is 8.06. The minimum atomic E-state index is -1.05. The van der Waals surface area contributed by atoms with Gasteiger partial charge in [0.2, 0.25) is 12.0 Å². The van der Waals surface area contributed by atoms with Crippen LogP contribution in [0.25, 0.3) is 11.0 Å². The van der Waals surface area contributed by atoms with Gasteiger partial charge in [0.15, 0.2) is 5.75 Å². The first-order valence-electron chi connectivity index (χ1n) is 23.0. The van der Waals surface area contributed by atoms with Crippen LogP contribution < -0.4 is 24.6 Å². The number of fused-ring (bicyclic) bond motifs is 1. The topological polar surface area (TPSA) is 113 Å². The van der Waals surface area contributed by atoms with Crippen LogP contribution >= 0.6 is 0 Å². The molecule has 352 valence electrons. The molecule has 5 atom stereocenters. The molecule has 0 amide bonds. The van der Waals surface area contributed by atoms with E-state index in [9.17, 15) is 4.79 Å². The van der Waals surface area contributed by atoms with Gasteiger partial charge in [-0.3, -0.25) is 0 Å². The zero-order chi connectivity index (χ0) is 47.0. The third-order valence-electron chi connectivity index (χ3n) is 11.7. The van der Waals surface area contributed by atoms with E-state index in [2.05, 4.69) is 0 Å². The van der Waals surface area contributed by atoms with Gasteiger partial charge < -0.3 is 47.0 Å². The Morgan fingerprint density at radius 3 is 1.43 bits per heavy atom. The van der Waals surface area contributed by atoms with E-state index in [1.54, 1.807) is 25.3 Å². The van der Waals surface area contributed by atoms with Crippen molar-refractivity contribution < 1.29 is 47.0 Å². The summed E-state index contributed by atoms with van der Waals surface area (Å²) in [5.41, 5.74) is 5.18. The van der Waals surface area contributed by atoms with E-state index < -0.39 is 36.3 Å². The van der Waals surface area contributed by atoms with Gasteiger partial charge in [0, 0.05) is 6.07 Å². The SMILES string of the molecule is COc1ccc(COc2c(OCc3ccccc3)c3ccc(O[C@H]4O[C@H](COCc5ccccc5)[C@@H](OCc5ccccc5)[C@H](OCc5ccccc5)[C@@H]4OCc4ccccc4)cc3oc2=O)cc1. The van der Waals surface area contributed by atoms with Gasteiger partial charge in [-0.25, -0.2) is 4.79 Å². The van der Waals surface area contributed by atoms with Gasteiger partial charge in [-0.15, -0.1) is 0 Å². The van der Waals surface area contributed by atoms with Crippen molar-refractivity contribution in [3.63, 3.8) is 0 Å². The minimum Gasteiger partial charge on any atom is -0.497 e. The Kier molecular flexibility index (Phi) is 16.1. The molecule has 1 aliphatic rings. The molecule has 1 fully saturated rings. The second-order valence-corrected chi connectivity index (χ2v) is 16.6. The maximum atomic E-state index is 13.9. The van der Waals surface area contributed by atoms with Crippen molar-refractivity contribution >= 4 is 11.0 Å². The summed E-state index contributed by atoms with van der Waals surface area (Å²) in [4.78, 5) is 13.9. The van der Waals surface area contributed by atoms with Crippen molar-refractivity contribution in [3.8, 4) is 23.0 Å². The highest BCUT2D eigenvalue weighted by Gasteiger charge is 2.50. The molecule has 0 saturated carbocycles. The van der Waals surface area contributed by atoms with Crippen molar-refractivity contribution in [2.24, 2.45) is 0 Å². The first-order chi connectivity index (χ1) is 34.1. The lowest BCUT2D eigenvalue weighted by atomic mass is 9.97. The van der Waals surface area contributed by atoms with Gasteiger partial charge in [-0.05, 0) is 57.6 Å². The molecule has 7 aromatic carbocycles. The van der Waals surface area contributed by atoms with Gasteiger partial charge >= 0.3 is 5.63 Å². The average Bonchev–Trinajstić information content (AvgIpc) is 3.40. The predicted molar refractivity (Wildman–Crippen MR) is 261 cm³/mol. The van der Waals surface area contributed by atoms with Crippen LogP contribution in [0, 0.1) is 0 Å². The van der Waals surface area contributed by atoms with Crippen LogP contribution in [0.4, 0.5) is 0 Å². The summed E-state index contributed by atoms with van der Waals surface area (Å²) >= 11 is 0. The molecule has 0 spiro atoms. The Hall–Kier alpha value is -7.25. The zero-order valence-corrected chi connectivity index (χ0v) is 38.3. The van der Waals surface area contributed by atoms with Crippen molar-refractivity contribution in [2.75, 3.05) is 13.7 Å². The maximum Gasteiger partial charge on any atom is 0.383 e. The smallest absolute Gasteiger partial charge is 0.383 e. The molecule has 1 saturated heterocycles. The van der Waals surface area contributed by atoms with Crippen LogP contribution in [0.5, 0.6) is 23.0 Å². The lowest BCUT2D eigenvalue weighted by molar-refractivity contribution is -0.310. The first-order valence-corrected chi connectivity index (χ1v) is 23.0. The summed E-state index contributed by atoms with van der Waals surface area (Å²) in [6.07, 6.45) is -3.95. The largest absolute Gasteiger partial charge is 0.497 e. The molecule has 1 aliphatic heterocycles. The van der Waals surface area contributed by atoms with Crippen LogP contribution in [0.3, 0.4) is 0 Å². The number of hydrogen-bond donors (Lipinski definition) is 0. The number of benzene rings is 7. The molecule has 0 bridgehead atoms. The summed E-state index contributed by atoms with van der Waals surface area (Å²) < 4.78 is 64.6. The van der Waals surface area contributed by atoms with Crippen molar-refractivity contribution in [1.29, 1.82) is 0 Å². The Labute approximate surface area is 401 Å². The van der Waals surface area contributed by atoms with Crippen LogP contribution in [-0.2, 0) is 63.3 Å². The summed E-state index contributed by atoms with van der Waals surface area (Å²) in [6, 6.07) is 62.1. The summed E-state index contributed by atoms with van der Waals surface area (Å²) in [5.74, 6) is 1.25. The molecular weight excluding hydrogens is 873 g/mol. The molecule has 11 nitrogen and oxygen atoms in total. The van der Waals surface area contributed by atoms with E-state index >= 15 is 0 Å². The standard InChI is InChI=1S/C58H54O11/c1-60-47-29-27-46(28-30-47)39-65-55-52(62-35-42-19-9-3-10-20-42)49-32-31-48(33-50(49)68-57(55)59)67-58-56(66-38-45-25-15-6-16-26-45)54(64-37-44-23-13-5-14-24-44)53(63-36-43-21-11-4-12-22-43)51(69-58)40-61-34-41-17-7-2-8-18-41/h2-33,51,53-54,56,58H,34-40H2,1H3/t51-,53-,54+,56+,58+/m1/s1. The Morgan fingerprint density at radius 2 is 0.899 bits per heavy atom. The molecule has 11 heteroatoms. The van der Waals surface area contributed by atoms with E-state index in [1.807, 2.05) is 176 Å². The van der Waals surface area contributed by atoms with E-state index in [0.717, 1.165) is 33.4 Å². The predicted octanol–water partition coefficient (Wildman–Crippen LogP) is 11.0. The molecule has 2 heterocycles. The monoisotopic (exact) mass is 926 g/mol. The van der Waals surface area contributed by atoms with Crippen LogP contribution in [0.1, 0.15) is 33.4 Å². The van der Waals surface area contributed by atoms with Gasteiger partial charge in [0.1, 0.15) is 54.7 Å². The molecule has 69 heavy (non-hydrogen) atoms. The Balaban J connectivity index is 1.06. The quantitative estimate of drug-likeness (QED) is 0.0605. The van der Waals surface area contributed by atoms with Gasteiger partial charge in [-0.2, -0.15) is 0 Å². The Bertz CT molecular complexity index is 2840. The fraction of sp³-hybridized carbons (Fsp3) is 0.224. The number of hydrogen-bond acceptors (Lipinski definition) is 11. The third-order valence-corrected chi connectivity index (χ3v) is 11.7. The lowest BCUT2D eigenvalue weighted by Crippen LogP contribution is -2.62. The lowest BCUT2D eigenvalue weighted by Gasteiger charge is -2.45.